The van der Waals surface area contributed by atoms with Crippen LogP contribution in [0.5, 0.6) is 11.5 Å². The number of ether oxygens (including phenoxy) is 2. The van der Waals surface area contributed by atoms with E-state index in [1.807, 2.05) is 35.8 Å². The van der Waals surface area contributed by atoms with Gasteiger partial charge in [0.25, 0.3) is 5.56 Å². The molecule has 0 saturated heterocycles. The molecule has 0 saturated carbocycles. The summed E-state index contributed by atoms with van der Waals surface area (Å²) in [5.41, 5.74) is 2.92. The van der Waals surface area contributed by atoms with Crippen LogP contribution in [-0.4, -0.2) is 28.3 Å². The molecule has 2 heterocycles. The van der Waals surface area contributed by atoms with E-state index in [4.69, 9.17) is 26.7 Å². The summed E-state index contributed by atoms with van der Waals surface area (Å²) >= 11 is 10.3. The Bertz CT molecular complexity index is 1360. The van der Waals surface area contributed by atoms with E-state index in [0.717, 1.165) is 11.3 Å². The van der Waals surface area contributed by atoms with E-state index in [1.54, 1.807) is 37.0 Å². The summed E-state index contributed by atoms with van der Waals surface area (Å²) in [6.45, 7) is 2.02. The van der Waals surface area contributed by atoms with Crippen molar-refractivity contribution >= 4 is 49.8 Å². The second kappa shape index (κ2) is 8.33. The Balaban J connectivity index is 2.06. The van der Waals surface area contributed by atoms with Gasteiger partial charge in [-0.3, -0.25) is 13.9 Å². The highest BCUT2D eigenvalue weighted by Gasteiger charge is 2.20. The molecular formula is C21H18BrN3O3S2. The molecule has 0 unspecified atom stereocenters. The van der Waals surface area contributed by atoms with Crippen molar-refractivity contribution in [3.8, 4) is 22.9 Å². The SMILES string of the molecule is COc1ccc(OC)c(-n2c(CBr)nc3c(sc(=S)n3-c3ccc(C)cc3)c2=O)c1. The van der Waals surface area contributed by atoms with Crippen LogP contribution in [0.1, 0.15) is 11.4 Å². The van der Waals surface area contributed by atoms with Gasteiger partial charge in [-0.15, -0.1) is 0 Å². The number of fused-ring (bicyclic) bond motifs is 1. The van der Waals surface area contributed by atoms with Crippen LogP contribution in [0.3, 0.4) is 0 Å². The fraction of sp³-hybridized carbons (Fsp3) is 0.190. The van der Waals surface area contributed by atoms with Gasteiger partial charge in [0.1, 0.15) is 22.0 Å². The highest BCUT2D eigenvalue weighted by Crippen LogP contribution is 2.30. The molecule has 9 heteroatoms. The van der Waals surface area contributed by atoms with Crippen molar-refractivity contribution in [3.63, 3.8) is 0 Å². The molecule has 0 fully saturated rings. The van der Waals surface area contributed by atoms with Gasteiger partial charge in [-0.2, -0.15) is 0 Å². The number of alkyl halides is 1. The minimum absolute atomic E-state index is 0.206. The zero-order valence-corrected chi connectivity index (χ0v) is 19.7. The molecule has 30 heavy (non-hydrogen) atoms. The molecule has 2 aromatic heterocycles. The molecule has 0 N–H and O–H groups in total. The summed E-state index contributed by atoms with van der Waals surface area (Å²) in [5, 5.41) is 0.370. The van der Waals surface area contributed by atoms with Crippen LogP contribution >= 0.6 is 39.5 Å². The second-order valence-electron chi connectivity index (χ2n) is 6.53. The Labute approximate surface area is 190 Å². The lowest BCUT2D eigenvalue weighted by atomic mass is 10.2. The minimum atomic E-state index is -0.206. The topological polar surface area (TPSA) is 58.3 Å². The summed E-state index contributed by atoms with van der Waals surface area (Å²) in [6, 6.07) is 13.3. The highest BCUT2D eigenvalue weighted by atomic mass is 79.9. The lowest BCUT2D eigenvalue weighted by Crippen LogP contribution is -2.23. The van der Waals surface area contributed by atoms with Crippen LogP contribution < -0.4 is 15.0 Å². The van der Waals surface area contributed by atoms with Crippen molar-refractivity contribution in [1.29, 1.82) is 0 Å². The first-order valence-electron chi connectivity index (χ1n) is 9.01. The number of nitrogens with zero attached hydrogens (tertiary/aromatic N) is 3. The van der Waals surface area contributed by atoms with Gasteiger partial charge in [0.05, 0.1) is 25.2 Å². The summed E-state index contributed by atoms with van der Waals surface area (Å²) in [6.07, 6.45) is 0. The Morgan fingerprint density at radius 1 is 1.10 bits per heavy atom. The van der Waals surface area contributed by atoms with E-state index in [9.17, 15) is 4.79 Å². The van der Waals surface area contributed by atoms with Gasteiger partial charge in [-0.1, -0.05) is 45.0 Å². The third-order valence-corrected chi connectivity index (χ3v) is 6.57. The van der Waals surface area contributed by atoms with Crippen molar-refractivity contribution in [3.05, 3.63) is 68.2 Å². The third kappa shape index (κ3) is 3.46. The standard InChI is InChI=1S/C21H18BrN3O3S2/c1-12-4-6-13(7-5-12)24-19-18(30-21(24)29)20(26)25(17(11-22)23-19)15-10-14(27-2)8-9-16(15)28-3/h4-10H,11H2,1-3H3. The number of rotatable bonds is 5. The van der Waals surface area contributed by atoms with E-state index in [0.29, 0.717) is 42.6 Å². The number of halogens is 1. The van der Waals surface area contributed by atoms with Gasteiger partial charge in [0.2, 0.25) is 0 Å². The molecule has 0 spiro atoms. The van der Waals surface area contributed by atoms with Crippen LogP contribution in [0.15, 0.2) is 47.3 Å². The van der Waals surface area contributed by atoms with Crippen molar-refractivity contribution < 1.29 is 9.47 Å². The second-order valence-corrected chi connectivity index (χ2v) is 8.74. The number of aromatic nitrogens is 3. The molecule has 0 aliphatic heterocycles. The van der Waals surface area contributed by atoms with E-state index in [1.165, 1.54) is 11.3 Å². The van der Waals surface area contributed by atoms with Crippen LogP contribution in [-0.2, 0) is 5.33 Å². The fourth-order valence-corrected chi connectivity index (χ4v) is 4.91. The Kier molecular flexibility index (Phi) is 5.77. The quantitative estimate of drug-likeness (QED) is 0.277. The number of benzene rings is 2. The summed E-state index contributed by atoms with van der Waals surface area (Å²) in [4.78, 5) is 18.4. The normalized spacial score (nSPS) is 11.1. The predicted octanol–water partition coefficient (Wildman–Crippen LogP) is 5.19. The maximum Gasteiger partial charge on any atom is 0.277 e. The van der Waals surface area contributed by atoms with Crippen LogP contribution in [0.2, 0.25) is 0 Å². The Morgan fingerprint density at radius 2 is 1.83 bits per heavy atom. The highest BCUT2D eigenvalue weighted by molar-refractivity contribution is 9.08. The fourth-order valence-electron chi connectivity index (χ4n) is 3.23. The summed E-state index contributed by atoms with van der Waals surface area (Å²) in [7, 11) is 3.14. The number of hydrogen-bond donors (Lipinski definition) is 0. The number of methoxy groups -OCH3 is 2. The van der Waals surface area contributed by atoms with Crippen molar-refractivity contribution in [1.82, 2.24) is 14.1 Å². The van der Waals surface area contributed by atoms with Gasteiger partial charge in [-0.05, 0) is 43.4 Å². The van der Waals surface area contributed by atoms with E-state index < -0.39 is 0 Å². The molecule has 0 atom stereocenters. The first-order valence-corrected chi connectivity index (χ1v) is 11.4. The summed E-state index contributed by atoms with van der Waals surface area (Å²) < 4.78 is 15.3. The third-order valence-electron chi connectivity index (χ3n) is 4.72. The maximum atomic E-state index is 13.6. The van der Waals surface area contributed by atoms with Gasteiger partial charge in [0, 0.05) is 11.8 Å². The minimum Gasteiger partial charge on any atom is -0.497 e. The molecule has 154 valence electrons. The number of hydrogen-bond acceptors (Lipinski definition) is 6. The lowest BCUT2D eigenvalue weighted by Gasteiger charge is -2.15. The molecular weight excluding hydrogens is 486 g/mol. The summed E-state index contributed by atoms with van der Waals surface area (Å²) in [5.74, 6) is 1.69. The number of aryl methyl sites for hydroxylation is 1. The molecule has 0 aliphatic rings. The van der Waals surface area contributed by atoms with E-state index in [-0.39, 0.29) is 5.56 Å². The van der Waals surface area contributed by atoms with E-state index in [2.05, 4.69) is 15.9 Å². The first-order chi connectivity index (χ1) is 14.5. The van der Waals surface area contributed by atoms with Gasteiger partial charge in [0.15, 0.2) is 9.60 Å². The van der Waals surface area contributed by atoms with Gasteiger partial charge < -0.3 is 9.47 Å². The Hall–Kier alpha value is -2.49. The van der Waals surface area contributed by atoms with Crippen molar-refractivity contribution in [2.75, 3.05) is 14.2 Å². The van der Waals surface area contributed by atoms with Crippen LogP contribution in [0, 0.1) is 10.9 Å². The van der Waals surface area contributed by atoms with Crippen LogP contribution in [0.4, 0.5) is 0 Å². The first kappa shape index (κ1) is 20.8. The molecule has 2 aromatic carbocycles. The molecule has 0 bridgehead atoms. The van der Waals surface area contributed by atoms with Gasteiger partial charge in [-0.25, -0.2) is 4.98 Å². The van der Waals surface area contributed by atoms with Gasteiger partial charge >= 0.3 is 0 Å². The zero-order chi connectivity index (χ0) is 21.4. The molecule has 4 aromatic rings. The molecule has 6 nitrogen and oxygen atoms in total. The average Bonchev–Trinajstić information content (AvgIpc) is 3.10. The molecule has 4 rings (SSSR count). The Morgan fingerprint density at radius 3 is 2.47 bits per heavy atom. The van der Waals surface area contributed by atoms with Crippen molar-refractivity contribution in [2.45, 2.75) is 12.3 Å². The zero-order valence-electron chi connectivity index (χ0n) is 16.5. The molecule has 0 amide bonds. The van der Waals surface area contributed by atoms with E-state index >= 15 is 0 Å². The smallest absolute Gasteiger partial charge is 0.277 e. The molecule has 0 aliphatic carbocycles. The monoisotopic (exact) mass is 503 g/mol. The molecule has 0 radical (unpaired) electrons. The number of thiazole rings is 1. The predicted molar refractivity (Wildman–Crippen MR) is 126 cm³/mol. The van der Waals surface area contributed by atoms with Crippen molar-refractivity contribution in [2.24, 2.45) is 0 Å². The lowest BCUT2D eigenvalue weighted by molar-refractivity contribution is 0.401. The van der Waals surface area contributed by atoms with Crippen LogP contribution in [0.25, 0.3) is 21.7 Å². The maximum absolute atomic E-state index is 13.6. The largest absolute Gasteiger partial charge is 0.497 e. The average molecular weight is 504 g/mol.